The number of para-hydroxylation sites is 2. The monoisotopic (exact) mass is 926 g/mol. The molecule has 0 aliphatic carbocycles. The Morgan fingerprint density at radius 2 is 0.521 bits per heavy atom. The van der Waals surface area contributed by atoms with E-state index >= 15 is 0 Å². The zero-order valence-electron chi connectivity index (χ0n) is 39.7. The Morgan fingerprint density at radius 3 is 0.890 bits per heavy atom. The fraction of sp³-hybridized carbons (Fsp3) is 0. The van der Waals surface area contributed by atoms with Crippen molar-refractivity contribution in [3.8, 4) is 89.8 Å². The third-order valence-electron chi connectivity index (χ3n) is 15.4. The molecule has 2 aliphatic rings. The van der Waals surface area contributed by atoms with Crippen LogP contribution in [0.1, 0.15) is 0 Å². The van der Waals surface area contributed by atoms with Gasteiger partial charge in [0, 0.05) is 16.6 Å². The first-order valence-electron chi connectivity index (χ1n) is 25.2. The van der Waals surface area contributed by atoms with Crippen LogP contribution in [0.15, 0.2) is 261 Å². The van der Waals surface area contributed by atoms with Crippen LogP contribution in [0.5, 0.6) is 23.0 Å². The van der Waals surface area contributed by atoms with E-state index in [-0.39, 0.29) is 6.71 Å². The van der Waals surface area contributed by atoms with Crippen molar-refractivity contribution in [2.24, 2.45) is 0 Å². The molecule has 73 heavy (non-hydrogen) atoms. The van der Waals surface area contributed by atoms with Crippen molar-refractivity contribution < 1.29 is 9.47 Å². The fourth-order valence-corrected chi connectivity index (χ4v) is 12.4. The largest absolute Gasteiger partial charge is 0.458 e. The third-order valence-corrected chi connectivity index (χ3v) is 15.4. The SMILES string of the molecule is c1ccc(-c2c3ccccc3c(-c3ccccc3-c3cc(-c4ccccc4-c4c5ccccc5c(-c5ccccc5)c5ccccc45)c4c5c3Oc3ccccc3B5c3ccccc3O4)c3ccccc23)cc1. The Balaban J connectivity index is 1.06. The second-order valence-electron chi connectivity index (χ2n) is 19.3. The standard InChI is InChI=1S/C70H43BO2/c1-3-23-44(24-4-1)64-50-31-11-15-35-54(50)66(55-36-16-12-32-51(55)64)48-29-9-7-27-46(48)58-43-59(70-68-69(58)72-62-41-21-19-39-60(62)71(68)61-40-20-22-42-63(61)73-70)47-28-8-10-30-49(47)67-56-37-17-13-33-52(56)65(45-25-5-2-6-26-45)53-34-14-18-38-57(53)67/h1-43H. The van der Waals surface area contributed by atoms with Crippen molar-refractivity contribution in [1.82, 2.24) is 0 Å². The second-order valence-corrected chi connectivity index (χ2v) is 19.3. The highest BCUT2D eigenvalue weighted by Crippen LogP contribution is 2.53. The predicted molar refractivity (Wildman–Crippen MR) is 307 cm³/mol. The lowest BCUT2D eigenvalue weighted by Crippen LogP contribution is -2.57. The summed E-state index contributed by atoms with van der Waals surface area (Å²) >= 11 is 0. The molecule has 0 amide bonds. The summed E-state index contributed by atoms with van der Waals surface area (Å²) in [5.41, 5.74) is 17.0. The van der Waals surface area contributed by atoms with Gasteiger partial charge in [-0.1, -0.05) is 243 Å². The average molecular weight is 927 g/mol. The van der Waals surface area contributed by atoms with E-state index in [1.807, 2.05) is 0 Å². The van der Waals surface area contributed by atoms with Crippen LogP contribution in [0.25, 0.3) is 110 Å². The van der Waals surface area contributed by atoms with Crippen molar-refractivity contribution in [2.75, 3.05) is 0 Å². The zero-order chi connectivity index (χ0) is 48.0. The molecule has 0 aromatic heterocycles. The van der Waals surface area contributed by atoms with Crippen molar-refractivity contribution in [3.63, 3.8) is 0 Å². The van der Waals surface area contributed by atoms with E-state index in [1.165, 1.54) is 76.5 Å². The van der Waals surface area contributed by atoms with Crippen LogP contribution in [-0.4, -0.2) is 6.71 Å². The van der Waals surface area contributed by atoms with Gasteiger partial charge in [-0.2, -0.15) is 0 Å². The van der Waals surface area contributed by atoms with Crippen LogP contribution >= 0.6 is 0 Å². The first kappa shape index (κ1) is 41.4. The Kier molecular flexibility index (Phi) is 9.40. The number of fused-ring (bicyclic) bond motifs is 8. The molecule has 0 saturated carbocycles. The van der Waals surface area contributed by atoms with Gasteiger partial charge in [0.05, 0.1) is 0 Å². The molecule has 0 bridgehead atoms. The van der Waals surface area contributed by atoms with E-state index in [1.54, 1.807) is 0 Å². The van der Waals surface area contributed by atoms with Crippen LogP contribution in [0, 0.1) is 0 Å². The lowest BCUT2D eigenvalue weighted by atomic mass is 9.34. The molecule has 338 valence electrons. The number of ether oxygens (including phenoxy) is 2. The van der Waals surface area contributed by atoms with Gasteiger partial charge in [0.2, 0.25) is 0 Å². The van der Waals surface area contributed by atoms with E-state index in [4.69, 9.17) is 9.47 Å². The average Bonchev–Trinajstić information content (AvgIpc) is 3.46. The molecular formula is C70H43BO2. The summed E-state index contributed by atoms with van der Waals surface area (Å²) in [7, 11) is 0. The molecule has 0 atom stereocenters. The first-order chi connectivity index (χ1) is 36.3. The van der Waals surface area contributed by atoms with E-state index in [0.717, 1.165) is 72.8 Å². The highest BCUT2D eigenvalue weighted by molar-refractivity contribution is 6.98. The number of benzene rings is 13. The van der Waals surface area contributed by atoms with Gasteiger partial charge in [-0.05, 0) is 128 Å². The van der Waals surface area contributed by atoms with Crippen LogP contribution < -0.4 is 25.9 Å². The number of hydrogen-bond acceptors (Lipinski definition) is 2. The maximum Gasteiger partial charge on any atom is 0.260 e. The maximum absolute atomic E-state index is 7.36. The van der Waals surface area contributed by atoms with Gasteiger partial charge in [0.15, 0.2) is 0 Å². The minimum absolute atomic E-state index is 0.142. The summed E-state index contributed by atoms with van der Waals surface area (Å²) in [6.07, 6.45) is 0. The number of rotatable bonds is 6. The Bertz CT molecular complexity index is 3990. The molecule has 2 nitrogen and oxygen atoms in total. The van der Waals surface area contributed by atoms with Gasteiger partial charge in [-0.15, -0.1) is 0 Å². The molecule has 0 unspecified atom stereocenters. The van der Waals surface area contributed by atoms with E-state index in [2.05, 4.69) is 261 Å². The summed E-state index contributed by atoms with van der Waals surface area (Å²) in [4.78, 5) is 0. The fourth-order valence-electron chi connectivity index (χ4n) is 12.4. The van der Waals surface area contributed by atoms with Crippen molar-refractivity contribution >= 4 is 66.2 Å². The molecule has 13 aromatic rings. The molecule has 3 heteroatoms. The lowest BCUT2D eigenvalue weighted by molar-refractivity contribution is 0.467. The third kappa shape index (κ3) is 6.32. The van der Waals surface area contributed by atoms with Gasteiger partial charge < -0.3 is 9.47 Å². The summed E-state index contributed by atoms with van der Waals surface area (Å²) < 4.78 is 14.7. The van der Waals surface area contributed by atoms with E-state index < -0.39 is 0 Å². The number of hydrogen-bond donors (Lipinski definition) is 0. The van der Waals surface area contributed by atoms with Crippen LogP contribution in [0.2, 0.25) is 0 Å². The van der Waals surface area contributed by atoms with Gasteiger partial charge >= 0.3 is 0 Å². The Labute approximate surface area is 424 Å². The molecule has 13 aromatic carbocycles. The van der Waals surface area contributed by atoms with Gasteiger partial charge in [-0.3, -0.25) is 0 Å². The smallest absolute Gasteiger partial charge is 0.260 e. The van der Waals surface area contributed by atoms with Crippen LogP contribution in [0.3, 0.4) is 0 Å². The van der Waals surface area contributed by atoms with Crippen molar-refractivity contribution in [3.05, 3.63) is 261 Å². The molecule has 2 heterocycles. The summed E-state index contributed by atoms with van der Waals surface area (Å²) in [6, 6.07) is 94.7. The van der Waals surface area contributed by atoms with Gasteiger partial charge in [0.25, 0.3) is 6.71 Å². The molecule has 2 aliphatic heterocycles. The molecule has 0 radical (unpaired) electrons. The van der Waals surface area contributed by atoms with Gasteiger partial charge in [0.1, 0.15) is 23.0 Å². The summed E-state index contributed by atoms with van der Waals surface area (Å²) in [6.45, 7) is -0.142. The second kappa shape index (κ2) is 16.6. The quantitative estimate of drug-likeness (QED) is 0.122. The molecular weight excluding hydrogens is 884 g/mol. The van der Waals surface area contributed by atoms with Crippen LogP contribution in [0.4, 0.5) is 0 Å². The topological polar surface area (TPSA) is 18.5 Å². The molecule has 15 rings (SSSR count). The first-order valence-corrected chi connectivity index (χ1v) is 25.2. The minimum atomic E-state index is -0.142. The lowest BCUT2D eigenvalue weighted by Gasteiger charge is -2.35. The van der Waals surface area contributed by atoms with Crippen molar-refractivity contribution in [1.29, 1.82) is 0 Å². The highest BCUT2D eigenvalue weighted by atomic mass is 16.5. The maximum atomic E-state index is 7.36. The molecule has 0 N–H and O–H groups in total. The molecule has 0 fully saturated rings. The Morgan fingerprint density at radius 1 is 0.233 bits per heavy atom. The summed E-state index contributed by atoms with van der Waals surface area (Å²) in [5.74, 6) is 3.35. The molecule has 0 spiro atoms. The molecule has 0 saturated heterocycles. The predicted octanol–water partition coefficient (Wildman–Crippen LogP) is 17.0. The van der Waals surface area contributed by atoms with Crippen molar-refractivity contribution in [2.45, 2.75) is 0 Å². The van der Waals surface area contributed by atoms with E-state index in [9.17, 15) is 0 Å². The van der Waals surface area contributed by atoms with Gasteiger partial charge in [-0.25, -0.2) is 0 Å². The minimum Gasteiger partial charge on any atom is -0.458 e. The normalized spacial score (nSPS) is 12.3. The summed E-state index contributed by atoms with van der Waals surface area (Å²) in [5, 5.41) is 9.65. The zero-order valence-corrected chi connectivity index (χ0v) is 39.7. The van der Waals surface area contributed by atoms with E-state index in [0.29, 0.717) is 0 Å². The highest BCUT2D eigenvalue weighted by Gasteiger charge is 2.43. The Hall–Kier alpha value is -9.44. The van der Waals surface area contributed by atoms with Crippen LogP contribution in [-0.2, 0) is 0 Å².